The minimum Gasteiger partial charge on any atom is -0.486 e. The van der Waals surface area contributed by atoms with E-state index in [4.69, 9.17) is 10.5 Å². The summed E-state index contributed by atoms with van der Waals surface area (Å²) in [4.78, 5) is 6.52. The molecule has 1 saturated heterocycles. The topological polar surface area (TPSA) is 50.8 Å². The molecule has 1 heterocycles. The molecule has 0 aliphatic carbocycles. The van der Waals surface area contributed by atoms with Gasteiger partial charge in [0.1, 0.15) is 6.10 Å². The number of benzene rings is 1. The molecule has 5 heteroatoms. The van der Waals surface area contributed by atoms with Crippen LogP contribution < -0.4 is 10.5 Å². The van der Waals surface area contributed by atoms with Crippen LogP contribution in [0.15, 0.2) is 29.3 Å². The summed E-state index contributed by atoms with van der Waals surface area (Å²) in [6.07, 6.45) is 4.63. The lowest BCUT2D eigenvalue weighted by Crippen LogP contribution is -2.38. The zero-order valence-corrected chi connectivity index (χ0v) is 12.6. The fraction of sp³-hybridized carbons (Fsp3) is 0.562. The fourth-order valence-electron chi connectivity index (χ4n) is 2.42. The van der Waals surface area contributed by atoms with Crippen LogP contribution in [0.2, 0.25) is 0 Å². The molecule has 1 atom stereocenters. The molecule has 0 bridgehead atoms. The number of nitrogens with two attached hydrogens (primary N) is 1. The van der Waals surface area contributed by atoms with Crippen molar-refractivity contribution >= 4 is 5.96 Å². The van der Waals surface area contributed by atoms with Crippen LogP contribution in [0, 0.1) is 5.82 Å². The molecule has 0 saturated carbocycles. The van der Waals surface area contributed by atoms with Gasteiger partial charge in [-0.2, -0.15) is 0 Å². The molecule has 2 rings (SSSR count). The third kappa shape index (κ3) is 4.92. The molecular weight excluding hydrogens is 269 g/mol. The smallest absolute Gasteiger partial charge is 0.191 e. The number of ether oxygens (including phenoxy) is 1. The average molecular weight is 293 g/mol. The van der Waals surface area contributed by atoms with Gasteiger partial charge in [-0.1, -0.05) is 25.0 Å². The highest BCUT2D eigenvalue weighted by atomic mass is 19.1. The van der Waals surface area contributed by atoms with Gasteiger partial charge in [-0.25, -0.2) is 9.38 Å². The number of hydrogen-bond donors (Lipinski definition) is 1. The van der Waals surface area contributed by atoms with Crippen LogP contribution in [0.1, 0.15) is 32.6 Å². The first-order valence-electron chi connectivity index (χ1n) is 7.63. The molecule has 0 aromatic heterocycles. The maximum atomic E-state index is 13.5. The van der Waals surface area contributed by atoms with Crippen molar-refractivity contribution in [2.24, 2.45) is 10.7 Å². The first kappa shape index (κ1) is 15.6. The highest BCUT2D eigenvalue weighted by molar-refractivity contribution is 5.78. The Labute approximate surface area is 125 Å². The number of rotatable bonds is 4. The van der Waals surface area contributed by atoms with Crippen LogP contribution in [0.25, 0.3) is 0 Å². The molecule has 4 nitrogen and oxygen atoms in total. The van der Waals surface area contributed by atoms with Crippen molar-refractivity contribution < 1.29 is 9.13 Å². The number of guanidine groups is 1. The summed E-state index contributed by atoms with van der Waals surface area (Å²) >= 11 is 0. The Balaban J connectivity index is 1.85. The van der Waals surface area contributed by atoms with Crippen molar-refractivity contribution in [2.45, 2.75) is 38.7 Å². The number of para-hydroxylation sites is 1. The normalized spacial score (nSPS) is 18.2. The summed E-state index contributed by atoms with van der Waals surface area (Å²) in [5, 5.41) is 0. The van der Waals surface area contributed by atoms with E-state index in [-0.39, 0.29) is 17.7 Å². The van der Waals surface area contributed by atoms with Gasteiger partial charge in [-0.3, -0.25) is 0 Å². The molecule has 2 N–H and O–H groups in total. The van der Waals surface area contributed by atoms with Gasteiger partial charge >= 0.3 is 0 Å². The molecule has 1 aliphatic rings. The number of likely N-dealkylation sites (tertiary alicyclic amines) is 1. The summed E-state index contributed by atoms with van der Waals surface area (Å²) in [6, 6.07) is 6.40. The molecule has 0 spiro atoms. The highest BCUT2D eigenvalue weighted by Crippen LogP contribution is 2.17. The van der Waals surface area contributed by atoms with Gasteiger partial charge in [-0.05, 0) is 31.9 Å². The van der Waals surface area contributed by atoms with Crippen LogP contribution >= 0.6 is 0 Å². The molecular formula is C16H24FN3O. The van der Waals surface area contributed by atoms with Gasteiger partial charge < -0.3 is 15.4 Å². The highest BCUT2D eigenvalue weighted by Gasteiger charge is 2.12. The summed E-state index contributed by atoms with van der Waals surface area (Å²) < 4.78 is 19.0. The van der Waals surface area contributed by atoms with Crippen molar-refractivity contribution in [1.82, 2.24) is 4.90 Å². The van der Waals surface area contributed by atoms with Gasteiger partial charge in [0.25, 0.3) is 0 Å². The second-order valence-electron chi connectivity index (χ2n) is 5.46. The first-order chi connectivity index (χ1) is 10.2. The Bertz CT molecular complexity index is 470. The van der Waals surface area contributed by atoms with E-state index in [1.165, 1.54) is 18.9 Å². The number of aliphatic imine (C=N–C) groups is 1. The molecule has 1 unspecified atom stereocenters. The molecule has 1 fully saturated rings. The van der Waals surface area contributed by atoms with Crippen molar-refractivity contribution in [3.8, 4) is 5.75 Å². The number of halogens is 1. The van der Waals surface area contributed by atoms with Gasteiger partial charge in [0.15, 0.2) is 17.5 Å². The average Bonchev–Trinajstić information content (AvgIpc) is 2.76. The fourth-order valence-corrected chi connectivity index (χ4v) is 2.42. The summed E-state index contributed by atoms with van der Waals surface area (Å²) in [6.45, 7) is 4.23. The predicted molar refractivity (Wildman–Crippen MR) is 83.0 cm³/mol. The third-order valence-corrected chi connectivity index (χ3v) is 3.61. The van der Waals surface area contributed by atoms with Crippen molar-refractivity contribution in [2.75, 3.05) is 19.6 Å². The lowest BCUT2D eigenvalue weighted by Gasteiger charge is -2.21. The van der Waals surface area contributed by atoms with Crippen LogP contribution in [0.5, 0.6) is 5.75 Å². The molecule has 116 valence electrons. The van der Waals surface area contributed by atoms with Crippen LogP contribution in [-0.2, 0) is 0 Å². The van der Waals surface area contributed by atoms with E-state index in [0.717, 1.165) is 25.9 Å². The summed E-state index contributed by atoms with van der Waals surface area (Å²) in [5.74, 6) is 0.475. The molecule has 0 radical (unpaired) electrons. The standard InChI is InChI=1S/C16H24FN3O/c1-13(21-15-9-5-4-8-14(15)17)12-19-16(18)20-10-6-2-3-7-11-20/h4-5,8-9,13H,2-3,6-7,10-12H2,1H3,(H2,18,19). The van der Waals surface area contributed by atoms with E-state index < -0.39 is 0 Å². The van der Waals surface area contributed by atoms with E-state index in [9.17, 15) is 4.39 Å². The molecule has 1 aromatic carbocycles. The molecule has 21 heavy (non-hydrogen) atoms. The third-order valence-electron chi connectivity index (χ3n) is 3.61. The predicted octanol–water partition coefficient (Wildman–Crippen LogP) is 2.78. The molecule has 1 aliphatic heterocycles. The van der Waals surface area contributed by atoms with Crippen molar-refractivity contribution in [3.63, 3.8) is 0 Å². The quantitative estimate of drug-likeness (QED) is 0.686. The van der Waals surface area contributed by atoms with Gasteiger partial charge in [-0.15, -0.1) is 0 Å². The van der Waals surface area contributed by atoms with E-state index in [1.54, 1.807) is 18.2 Å². The lowest BCUT2D eigenvalue weighted by molar-refractivity contribution is 0.219. The van der Waals surface area contributed by atoms with Crippen molar-refractivity contribution in [3.05, 3.63) is 30.1 Å². The minimum atomic E-state index is -0.353. The van der Waals surface area contributed by atoms with Gasteiger partial charge in [0.05, 0.1) is 6.54 Å². The van der Waals surface area contributed by atoms with Crippen LogP contribution in [-0.4, -0.2) is 36.6 Å². The van der Waals surface area contributed by atoms with Crippen LogP contribution in [0.4, 0.5) is 4.39 Å². The zero-order chi connectivity index (χ0) is 15.1. The minimum absolute atomic E-state index is 0.215. The van der Waals surface area contributed by atoms with E-state index in [1.807, 2.05) is 6.92 Å². The van der Waals surface area contributed by atoms with E-state index in [2.05, 4.69) is 9.89 Å². The molecule has 1 aromatic rings. The van der Waals surface area contributed by atoms with Gasteiger partial charge in [0, 0.05) is 13.1 Å². The maximum Gasteiger partial charge on any atom is 0.191 e. The van der Waals surface area contributed by atoms with E-state index in [0.29, 0.717) is 12.5 Å². The zero-order valence-electron chi connectivity index (χ0n) is 12.6. The van der Waals surface area contributed by atoms with Gasteiger partial charge in [0.2, 0.25) is 0 Å². The first-order valence-corrected chi connectivity index (χ1v) is 7.63. The second-order valence-corrected chi connectivity index (χ2v) is 5.46. The van der Waals surface area contributed by atoms with Crippen LogP contribution in [0.3, 0.4) is 0 Å². The Kier molecular flexibility index (Phi) is 5.84. The Morgan fingerprint density at radius 1 is 1.29 bits per heavy atom. The number of hydrogen-bond acceptors (Lipinski definition) is 2. The Morgan fingerprint density at radius 2 is 1.95 bits per heavy atom. The second kappa shape index (κ2) is 7.86. The largest absolute Gasteiger partial charge is 0.486 e. The van der Waals surface area contributed by atoms with Crippen molar-refractivity contribution in [1.29, 1.82) is 0 Å². The number of nitrogens with zero attached hydrogens (tertiary/aromatic N) is 2. The monoisotopic (exact) mass is 293 g/mol. The Morgan fingerprint density at radius 3 is 2.62 bits per heavy atom. The summed E-state index contributed by atoms with van der Waals surface area (Å²) in [7, 11) is 0. The maximum absolute atomic E-state index is 13.5. The SMILES string of the molecule is CC(CN=C(N)N1CCCCCC1)Oc1ccccc1F. The molecule has 0 amide bonds. The lowest BCUT2D eigenvalue weighted by atomic mass is 10.2. The van der Waals surface area contributed by atoms with E-state index >= 15 is 0 Å². The Hall–Kier alpha value is -1.78. The summed E-state index contributed by atoms with van der Waals surface area (Å²) in [5.41, 5.74) is 6.04.